The van der Waals surface area contributed by atoms with Crippen LogP contribution in [0.2, 0.25) is 0 Å². The predicted octanol–water partition coefficient (Wildman–Crippen LogP) is 4.00. The van der Waals surface area contributed by atoms with E-state index in [4.69, 9.17) is 5.73 Å². The van der Waals surface area contributed by atoms with Gasteiger partial charge in [0.15, 0.2) is 0 Å². The molecular formula is C26H35N5O. The normalized spacial score (nSPS) is 19.3. The average Bonchev–Trinajstić information content (AvgIpc) is 2.83. The lowest BCUT2D eigenvalue weighted by Gasteiger charge is -2.38. The Labute approximate surface area is 191 Å². The number of amides is 1. The van der Waals surface area contributed by atoms with Gasteiger partial charge in [-0.15, -0.1) is 0 Å². The molecule has 0 bridgehead atoms. The van der Waals surface area contributed by atoms with Crippen molar-refractivity contribution < 1.29 is 4.79 Å². The minimum atomic E-state index is 0.159. The lowest BCUT2D eigenvalue weighted by atomic mass is 9.85. The van der Waals surface area contributed by atoms with Crippen molar-refractivity contribution in [2.45, 2.75) is 45.6 Å². The van der Waals surface area contributed by atoms with E-state index in [1.54, 1.807) is 6.20 Å². The van der Waals surface area contributed by atoms with Crippen LogP contribution in [0.5, 0.6) is 0 Å². The minimum absolute atomic E-state index is 0.159. The van der Waals surface area contributed by atoms with E-state index in [1.807, 2.05) is 24.4 Å². The summed E-state index contributed by atoms with van der Waals surface area (Å²) in [6, 6.07) is 10.1. The van der Waals surface area contributed by atoms with Gasteiger partial charge in [0.05, 0.1) is 5.69 Å². The van der Waals surface area contributed by atoms with Crippen molar-refractivity contribution in [3.8, 4) is 0 Å². The zero-order valence-corrected chi connectivity index (χ0v) is 19.1. The third-order valence-electron chi connectivity index (χ3n) is 6.82. The molecular weight excluding hydrogens is 398 g/mol. The van der Waals surface area contributed by atoms with Crippen LogP contribution in [-0.2, 0) is 11.3 Å². The number of carbonyl (C=O) groups excluding carboxylic acids is 1. The second kappa shape index (κ2) is 10.7. The summed E-state index contributed by atoms with van der Waals surface area (Å²) < 4.78 is 0. The summed E-state index contributed by atoms with van der Waals surface area (Å²) in [6.07, 6.45) is 10.9. The van der Waals surface area contributed by atoms with Crippen LogP contribution in [0.1, 0.15) is 50.3 Å². The average molecular weight is 434 g/mol. The topological polar surface area (TPSA) is 75.4 Å². The van der Waals surface area contributed by atoms with E-state index >= 15 is 0 Å². The van der Waals surface area contributed by atoms with Gasteiger partial charge in [-0.05, 0) is 86.5 Å². The van der Waals surface area contributed by atoms with Crippen molar-refractivity contribution in [1.29, 1.82) is 0 Å². The second-order valence-corrected chi connectivity index (χ2v) is 9.02. The fraction of sp³-hybridized carbons (Fsp3) is 0.500. The zero-order chi connectivity index (χ0) is 22.3. The number of nitrogen functional groups attached to an aromatic ring is 1. The molecule has 0 atom stereocenters. The van der Waals surface area contributed by atoms with Gasteiger partial charge >= 0.3 is 0 Å². The van der Waals surface area contributed by atoms with Crippen molar-refractivity contribution in [1.82, 2.24) is 19.8 Å². The number of rotatable bonds is 6. The molecule has 0 aliphatic carbocycles. The fourth-order valence-electron chi connectivity index (χ4n) is 5.09. The van der Waals surface area contributed by atoms with Gasteiger partial charge in [-0.2, -0.15) is 0 Å². The Bertz CT molecular complexity index is 913. The number of carbonyl (C=O) groups is 1. The third kappa shape index (κ3) is 5.54. The lowest BCUT2D eigenvalue weighted by Crippen LogP contribution is -2.45. The van der Waals surface area contributed by atoms with Gasteiger partial charge in [-0.1, -0.05) is 19.1 Å². The van der Waals surface area contributed by atoms with E-state index in [0.29, 0.717) is 17.6 Å². The quantitative estimate of drug-likeness (QED) is 0.745. The molecule has 2 fully saturated rings. The number of hydrogen-bond donors (Lipinski definition) is 1. The Hall–Kier alpha value is -2.73. The number of pyridine rings is 2. The largest absolute Gasteiger partial charge is 0.384 e. The second-order valence-electron chi connectivity index (χ2n) is 9.02. The van der Waals surface area contributed by atoms with Gasteiger partial charge in [0.1, 0.15) is 5.82 Å². The highest BCUT2D eigenvalue weighted by molar-refractivity contribution is 5.79. The molecule has 6 heteroatoms. The fourth-order valence-corrected chi connectivity index (χ4v) is 5.09. The van der Waals surface area contributed by atoms with Gasteiger partial charge in [0.25, 0.3) is 0 Å². The summed E-state index contributed by atoms with van der Waals surface area (Å²) in [4.78, 5) is 26.4. The van der Waals surface area contributed by atoms with Crippen molar-refractivity contribution >= 4 is 17.3 Å². The van der Waals surface area contributed by atoms with Gasteiger partial charge in [0.2, 0.25) is 5.91 Å². The molecule has 2 saturated heterocycles. The molecule has 32 heavy (non-hydrogen) atoms. The van der Waals surface area contributed by atoms with Crippen molar-refractivity contribution in [2.24, 2.45) is 11.8 Å². The molecule has 0 spiro atoms. The predicted molar refractivity (Wildman–Crippen MR) is 128 cm³/mol. The SMILES string of the molecule is CC/C=C(/c1ccccn1)C1CCN(C(=O)C2CCN(Cc3ccnc(N)c3)CC2)CC1. The van der Waals surface area contributed by atoms with Crippen molar-refractivity contribution in [3.05, 3.63) is 60.1 Å². The maximum Gasteiger partial charge on any atom is 0.225 e. The van der Waals surface area contributed by atoms with Crippen molar-refractivity contribution in [2.75, 3.05) is 31.9 Å². The Kier molecular flexibility index (Phi) is 7.53. The number of anilines is 1. The summed E-state index contributed by atoms with van der Waals surface area (Å²) in [5.74, 6) is 1.57. The Morgan fingerprint density at radius 1 is 1.03 bits per heavy atom. The molecule has 2 aromatic rings. The van der Waals surface area contributed by atoms with E-state index in [1.165, 1.54) is 11.1 Å². The van der Waals surface area contributed by atoms with E-state index in [2.05, 4.69) is 44.9 Å². The Morgan fingerprint density at radius 3 is 2.44 bits per heavy atom. The first kappa shape index (κ1) is 22.5. The number of allylic oxidation sites excluding steroid dienone is 2. The van der Waals surface area contributed by atoms with Crippen molar-refractivity contribution in [3.63, 3.8) is 0 Å². The number of piperidine rings is 2. The first-order chi connectivity index (χ1) is 15.6. The van der Waals surface area contributed by atoms with Gasteiger partial charge in [0, 0.05) is 37.9 Å². The summed E-state index contributed by atoms with van der Waals surface area (Å²) in [7, 11) is 0. The molecule has 0 aromatic carbocycles. The van der Waals surface area contributed by atoms with Crippen LogP contribution in [0.4, 0.5) is 5.82 Å². The first-order valence-corrected chi connectivity index (χ1v) is 12.0. The van der Waals surface area contributed by atoms with E-state index < -0.39 is 0 Å². The highest BCUT2D eigenvalue weighted by Gasteiger charge is 2.32. The molecule has 4 heterocycles. The van der Waals surface area contributed by atoms with Crippen LogP contribution in [0.15, 0.2) is 48.8 Å². The molecule has 0 saturated carbocycles. The molecule has 170 valence electrons. The number of likely N-dealkylation sites (tertiary alicyclic amines) is 2. The van der Waals surface area contributed by atoms with Gasteiger partial charge < -0.3 is 10.6 Å². The minimum Gasteiger partial charge on any atom is -0.384 e. The Morgan fingerprint density at radius 2 is 1.78 bits per heavy atom. The molecule has 4 rings (SSSR count). The summed E-state index contributed by atoms with van der Waals surface area (Å²) in [5, 5.41) is 0. The summed E-state index contributed by atoms with van der Waals surface area (Å²) >= 11 is 0. The van der Waals surface area contributed by atoms with Crippen LogP contribution in [0.25, 0.3) is 5.57 Å². The molecule has 6 nitrogen and oxygen atoms in total. The number of hydrogen-bond acceptors (Lipinski definition) is 5. The van der Waals surface area contributed by atoms with Crippen LogP contribution in [0, 0.1) is 11.8 Å². The van der Waals surface area contributed by atoms with Crippen LogP contribution in [0.3, 0.4) is 0 Å². The molecule has 0 radical (unpaired) electrons. The highest BCUT2D eigenvalue weighted by atomic mass is 16.2. The standard InChI is InChI=1S/C26H35N5O/c1-2-5-23(24-6-3-4-12-28-24)21-10-16-31(17-11-21)26(32)22-8-14-30(15-9-22)19-20-7-13-29-25(27)18-20/h3-7,12-13,18,21-22H,2,8-11,14-17,19H2,1H3,(H2,27,29)/b23-5+. The lowest BCUT2D eigenvalue weighted by molar-refractivity contribution is -0.138. The molecule has 2 aromatic heterocycles. The van der Waals surface area contributed by atoms with Gasteiger partial charge in [-0.3, -0.25) is 14.7 Å². The highest BCUT2D eigenvalue weighted by Crippen LogP contribution is 2.32. The van der Waals surface area contributed by atoms with E-state index in [-0.39, 0.29) is 5.92 Å². The smallest absolute Gasteiger partial charge is 0.225 e. The molecule has 1 amide bonds. The van der Waals surface area contributed by atoms with E-state index in [0.717, 1.165) is 70.5 Å². The Balaban J connectivity index is 1.27. The first-order valence-electron chi connectivity index (χ1n) is 12.0. The summed E-state index contributed by atoms with van der Waals surface area (Å²) in [5.41, 5.74) is 9.43. The zero-order valence-electron chi connectivity index (χ0n) is 19.1. The monoisotopic (exact) mass is 433 g/mol. The maximum atomic E-state index is 13.2. The van der Waals surface area contributed by atoms with Crippen LogP contribution in [-0.4, -0.2) is 51.9 Å². The van der Waals surface area contributed by atoms with Crippen LogP contribution >= 0.6 is 0 Å². The maximum absolute atomic E-state index is 13.2. The molecule has 2 N–H and O–H groups in total. The van der Waals surface area contributed by atoms with E-state index in [9.17, 15) is 4.79 Å². The van der Waals surface area contributed by atoms with Crippen LogP contribution < -0.4 is 5.73 Å². The number of aromatic nitrogens is 2. The molecule has 0 unspecified atom stereocenters. The summed E-state index contributed by atoms with van der Waals surface area (Å²) in [6.45, 7) is 6.68. The molecule has 2 aliphatic heterocycles. The van der Waals surface area contributed by atoms with Gasteiger partial charge in [-0.25, -0.2) is 4.98 Å². The number of nitrogens with two attached hydrogens (primary N) is 1. The molecule has 2 aliphatic rings. The number of nitrogens with zero attached hydrogens (tertiary/aromatic N) is 4. The third-order valence-corrected chi connectivity index (χ3v) is 6.82.